The van der Waals surface area contributed by atoms with E-state index in [-0.39, 0.29) is 27.9 Å². The molecule has 1 aromatic heterocycles. The van der Waals surface area contributed by atoms with Gasteiger partial charge in [0.15, 0.2) is 0 Å². The maximum absolute atomic E-state index is 12.2. The SMILES string of the molecule is CNC(=O)c1cc(Oc2ccc(NC(=O)C(F)(F)F)c(Cl)c2)ccn1. The zero-order chi connectivity index (χ0) is 18.6. The molecule has 132 valence electrons. The number of nitrogens with one attached hydrogen (secondary N) is 2. The summed E-state index contributed by atoms with van der Waals surface area (Å²) in [7, 11) is 1.45. The van der Waals surface area contributed by atoms with Crippen molar-refractivity contribution >= 4 is 29.1 Å². The van der Waals surface area contributed by atoms with E-state index >= 15 is 0 Å². The summed E-state index contributed by atoms with van der Waals surface area (Å²) >= 11 is 5.86. The summed E-state index contributed by atoms with van der Waals surface area (Å²) in [6.45, 7) is 0. The summed E-state index contributed by atoms with van der Waals surface area (Å²) in [6.07, 6.45) is -3.66. The molecule has 0 spiro atoms. The highest BCUT2D eigenvalue weighted by Crippen LogP contribution is 2.31. The van der Waals surface area contributed by atoms with Crippen molar-refractivity contribution in [1.29, 1.82) is 0 Å². The fraction of sp³-hybridized carbons (Fsp3) is 0.133. The molecule has 0 unspecified atom stereocenters. The van der Waals surface area contributed by atoms with E-state index in [2.05, 4.69) is 10.3 Å². The first kappa shape index (κ1) is 18.5. The summed E-state index contributed by atoms with van der Waals surface area (Å²) in [5, 5.41) is 3.92. The Hall–Kier alpha value is -2.81. The minimum Gasteiger partial charge on any atom is -0.457 e. The zero-order valence-electron chi connectivity index (χ0n) is 12.6. The van der Waals surface area contributed by atoms with Gasteiger partial charge in [-0.05, 0) is 18.2 Å². The second-order valence-electron chi connectivity index (χ2n) is 4.65. The van der Waals surface area contributed by atoms with E-state index in [1.54, 1.807) is 5.32 Å². The first-order valence-corrected chi connectivity index (χ1v) is 7.12. The van der Waals surface area contributed by atoms with Crippen LogP contribution < -0.4 is 15.4 Å². The molecule has 1 aromatic carbocycles. The molecule has 1 heterocycles. The molecule has 0 atom stereocenters. The fourth-order valence-corrected chi connectivity index (χ4v) is 1.93. The molecular formula is C15H11ClF3N3O3. The number of amides is 2. The van der Waals surface area contributed by atoms with E-state index < -0.39 is 18.0 Å². The van der Waals surface area contributed by atoms with Gasteiger partial charge in [0, 0.05) is 25.4 Å². The van der Waals surface area contributed by atoms with Crippen molar-refractivity contribution in [2.75, 3.05) is 12.4 Å². The van der Waals surface area contributed by atoms with Gasteiger partial charge in [-0.25, -0.2) is 0 Å². The average Bonchev–Trinajstić information content (AvgIpc) is 2.56. The predicted molar refractivity (Wildman–Crippen MR) is 83.8 cm³/mol. The lowest BCUT2D eigenvalue weighted by molar-refractivity contribution is -0.167. The third kappa shape index (κ3) is 4.83. The fourth-order valence-electron chi connectivity index (χ4n) is 1.72. The molecule has 6 nitrogen and oxygen atoms in total. The number of alkyl halides is 3. The lowest BCUT2D eigenvalue weighted by Crippen LogP contribution is -2.30. The number of hydrogen-bond acceptors (Lipinski definition) is 4. The van der Waals surface area contributed by atoms with E-state index in [1.807, 2.05) is 0 Å². The maximum atomic E-state index is 12.2. The van der Waals surface area contributed by atoms with Crippen LogP contribution in [0.1, 0.15) is 10.5 Å². The normalized spacial score (nSPS) is 10.9. The summed E-state index contributed by atoms with van der Waals surface area (Å²) in [4.78, 5) is 26.3. The monoisotopic (exact) mass is 373 g/mol. The number of hydrogen-bond donors (Lipinski definition) is 2. The Morgan fingerprint density at radius 3 is 2.44 bits per heavy atom. The van der Waals surface area contributed by atoms with Crippen molar-refractivity contribution in [2.45, 2.75) is 6.18 Å². The first-order chi connectivity index (χ1) is 11.7. The van der Waals surface area contributed by atoms with Crippen LogP contribution in [-0.4, -0.2) is 30.0 Å². The highest BCUT2D eigenvalue weighted by molar-refractivity contribution is 6.33. The average molecular weight is 374 g/mol. The maximum Gasteiger partial charge on any atom is 0.471 e. The summed E-state index contributed by atoms with van der Waals surface area (Å²) in [5.41, 5.74) is -0.0859. The Morgan fingerprint density at radius 2 is 1.84 bits per heavy atom. The number of halogens is 4. The van der Waals surface area contributed by atoms with Gasteiger partial charge in [-0.3, -0.25) is 14.6 Å². The highest BCUT2D eigenvalue weighted by atomic mass is 35.5. The molecule has 0 fully saturated rings. The predicted octanol–water partition coefficient (Wildman–Crippen LogP) is 3.39. The number of benzene rings is 1. The van der Waals surface area contributed by atoms with E-state index in [9.17, 15) is 22.8 Å². The van der Waals surface area contributed by atoms with Crippen LogP contribution in [0.3, 0.4) is 0 Å². The van der Waals surface area contributed by atoms with Crippen LogP contribution in [-0.2, 0) is 4.79 Å². The van der Waals surface area contributed by atoms with Crippen LogP contribution in [0.15, 0.2) is 36.5 Å². The Labute approximate surface area is 145 Å². The van der Waals surface area contributed by atoms with Crippen LogP contribution in [0.5, 0.6) is 11.5 Å². The van der Waals surface area contributed by atoms with Crippen LogP contribution in [0, 0.1) is 0 Å². The Bertz CT molecular complexity index is 812. The van der Waals surface area contributed by atoms with Gasteiger partial charge in [0.25, 0.3) is 5.91 Å². The third-order valence-electron chi connectivity index (χ3n) is 2.87. The molecule has 0 radical (unpaired) electrons. The summed E-state index contributed by atoms with van der Waals surface area (Å²) < 4.78 is 42.2. The van der Waals surface area contributed by atoms with Gasteiger partial charge in [-0.15, -0.1) is 0 Å². The van der Waals surface area contributed by atoms with E-state index in [0.717, 1.165) is 0 Å². The van der Waals surface area contributed by atoms with Crippen LogP contribution >= 0.6 is 11.6 Å². The number of ether oxygens (including phenoxy) is 1. The van der Waals surface area contributed by atoms with Crippen LogP contribution in [0.4, 0.5) is 18.9 Å². The second kappa shape index (κ2) is 7.39. The lowest BCUT2D eigenvalue weighted by Gasteiger charge is -2.11. The minimum atomic E-state index is -5.02. The van der Waals surface area contributed by atoms with E-state index in [0.29, 0.717) is 0 Å². The zero-order valence-corrected chi connectivity index (χ0v) is 13.4. The number of nitrogens with zero attached hydrogens (tertiary/aromatic N) is 1. The standard InChI is InChI=1S/C15H11ClF3N3O3/c1-20-13(23)12-7-9(4-5-21-12)25-8-2-3-11(10(16)6-8)22-14(24)15(17,18)19/h2-7H,1H3,(H,20,23)(H,22,24). The van der Waals surface area contributed by atoms with Crippen molar-refractivity contribution in [1.82, 2.24) is 10.3 Å². The number of anilines is 1. The molecule has 10 heteroatoms. The Kier molecular flexibility index (Phi) is 5.48. The molecule has 2 aromatic rings. The molecular weight excluding hydrogens is 363 g/mol. The first-order valence-electron chi connectivity index (χ1n) is 6.74. The molecule has 0 aliphatic carbocycles. The van der Waals surface area contributed by atoms with Gasteiger partial charge in [0.05, 0.1) is 10.7 Å². The molecule has 0 saturated carbocycles. The number of carbonyl (C=O) groups excluding carboxylic acids is 2. The number of rotatable bonds is 4. The van der Waals surface area contributed by atoms with E-state index in [4.69, 9.17) is 16.3 Å². The molecule has 0 aliphatic rings. The van der Waals surface area contributed by atoms with Crippen LogP contribution in [0.25, 0.3) is 0 Å². The van der Waals surface area contributed by atoms with Crippen molar-refractivity contribution in [3.05, 3.63) is 47.2 Å². The molecule has 2 N–H and O–H groups in total. The summed E-state index contributed by atoms with van der Waals surface area (Å²) in [5.74, 6) is -2.07. The summed E-state index contributed by atoms with van der Waals surface area (Å²) in [6, 6.07) is 6.58. The lowest BCUT2D eigenvalue weighted by atomic mass is 10.3. The highest BCUT2D eigenvalue weighted by Gasteiger charge is 2.38. The Morgan fingerprint density at radius 1 is 1.16 bits per heavy atom. The third-order valence-corrected chi connectivity index (χ3v) is 3.19. The number of aromatic nitrogens is 1. The number of pyridine rings is 1. The topological polar surface area (TPSA) is 80.3 Å². The quantitative estimate of drug-likeness (QED) is 0.861. The van der Waals surface area contributed by atoms with Gasteiger partial charge >= 0.3 is 12.1 Å². The van der Waals surface area contributed by atoms with Gasteiger partial charge in [0.1, 0.15) is 17.2 Å². The van der Waals surface area contributed by atoms with Crippen molar-refractivity contribution in [3.63, 3.8) is 0 Å². The van der Waals surface area contributed by atoms with Gasteiger partial charge in [0.2, 0.25) is 0 Å². The molecule has 2 rings (SSSR count). The van der Waals surface area contributed by atoms with Crippen molar-refractivity contribution in [3.8, 4) is 11.5 Å². The minimum absolute atomic E-state index is 0.125. The van der Waals surface area contributed by atoms with Gasteiger partial charge in [-0.2, -0.15) is 13.2 Å². The largest absolute Gasteiger partial charge is 0.471 e. The van der Waals surface area contributed by atoms with Gasteiger partial charge < -0.3 is 15.4 Å². The van der Waals surface area contributed by atoms with Crippen molar-refractivity contribution < 1.29 is 27.5 Å². The molecule has 0 bridgehead atoms. The van der Waals surface area contributed by atoms with Crippen molar-refractivity contribution in [2.24, 2.45) is 0 Å². The molecule has 2 amide bonds. The van der Waals surface area contributed by atoms with Gasteiger partial charge in [-0.1, -0.05) is 11.6 Å². The smallest absolute Gasteiger partial charge is 0.457 e. The molecule has 0 saturated heterocycles. The van der Waals surface area contributed by atoms with Crippen LogP contribution in [0.2, 0.25) is 5.02 Å². The van der Waals surface area contributed by atoms with E-state index in [1.165, 1.54) is 43.6 Å². The molecule has 25 heavy (non-hydrogen) atoms. The second-order valence-corrected chi connectivity index (χ2v) is 5.06. The number of carbonyl (C=O) groups is 2. The Balaban J connectivity index is 2.16. The molecule has 0 aliphatic heterocycles.